The second kappa shape index (κ2) is 6.49. The van der Waals surface area contributed by atoms with Crippen LogP contribution in [0.1, 0.15) is 23.5 Å². The zero-order valence-electron chi connectivity index (χ0n) is 12.4. The molecule has 3 rings (SSSR count). The minimum Gasteiger partial charge on any atom is -0.383 e. The molecule has 1 fully saturated rings. The fraction of sp³-hybridized carbons (Fsp3) is 0.588. The minimum atomic E-state index is 0.199. The van der Waals surface area contributed by atoms with E-state index in [1.807, 2.05) is 4.90 Å². The first-order valence-corrected chi connectivity index (χ1v) is 8.81. The van der Waals surface area contributed by atoms with Crippen molar-refractivity contribution in [3.05, 3.63) is 35.4 Å². The summed E-state index contributed by atoms with van der Waals surface area (Å²) in [4.78, 5) is 14.8. The van der Waals surface area contributed by atoms with E-state index < -0.39 is 0 Å². The lowest BCUT2D eigenvalue weighted by atomic mass is 9.92. The lowest BCUT2D eigenvalue weighted by molar-refractivity contribution is -0.133. The molecule has 1 aromatic carbocycles. The van der Waals surface area contributed by atoms with Gasteiger partial charge in [-0.2, -0.15) is 0 Å². The third-order valence-electron chi connectivity index (χ3n) is 4.85. The molecule has 0 saturated heterocycles. The number of hydrogen-bond donors (Lipinski definition) is 0. The average molecular weight is 352 g/mol. The molecular formula is C17H22BrNO2. The van der Waals surface area contributed by atoms with E-state index in [1.54, 1.807) is 7.11 Å². The highest BCUT2D eigenvalue weighted by molar-refractivity contribution is 9.09. The van der Waals surface area contributed by atoms with E-state index in [1.165, 1.54) is 11.1 Å². The smallest absolute Gasteiger partial charge is 0.226 e. The van der Waals surface area contributed by atoms with Crippen molar-refractivity contribution in [2.24, 2.45) is 11.8 Å². The summed E-state index contributed by atoms with van der Waals surface area (Å²) in [6, 6.07) is 8.63. The Morgan fingerprint density at radius 1 is 1.38 bits per heavy atom. The number of ether oxygens (including phenoxy) is 1. The Labute approximate surface area is 134 Å². The molecule has 0 bridgehead atoms. The van der Waals surface area contributed by atoms with E-state index in [0.29, 0.717) is 30.9 Å². The minimum absolute atomic E-state index is 0.199. The van der Waals surface area contributed by atoms with E-state index in [2.05, 4.69) is 40.2 Å². The van der Waals surface area contributed by atoms with Gasteiger partial charge in [-0.3, -0.25) is 4.79 Å². The number of rotatable bonds is 6. The predicted octanol–water partition coefficient (Wildman–Crippen LogP) is 2.83. The summed E-state index contributed by atoms with van der Waals surface area (Å²) < 4.78 is 5.13. The van der Waals surface area contributed by atoms with Gasteiger partial charge in [0.25, 0.3) is 0 Å². The van der Waals surface area contributed by atoms with E-state index in [4.69, 9.17) is 4.74 Å². The molecule has 3 atom stereocenters. The van der Waals surface area contributed by atoms with Crippen LogP contribution in [0.3, 0.4) is 0 Å². The van der Waals surface area contributed by atoms with Gasteiger partial charge in [-0.1, -0.05) is 40.2 Å². The molecule has 0 radical (unpaired) electrons. The van der Waals surface area contributed by atoms with Gasteiger partial charge < -0.3 is 9.64 Å². The number of methoxy groups -OCH3 is 1. The van der Waals surface area contributed by atoms with Gasteiger partial charge in [-0.05, 0) is 35.8 Å². The first-order chi connectivity index (χ1) is 10.3. The second-order valence-electron chi connectivity index (χ2n) is 5.96. The number of carbonyl (C=O) groups excluding carboxylic acids is 1. The van der Waals surface area contributed by atoms with Crippen LogP contribution < -0.4 is 0 Å². The molecule has 21 heavy (non-hydrogen) atoms. The highest BCUT2D eigenvalue weighted by Gasteiger charge is 2.57. The Hall–Kier alpha value is -0.870. The molecule has 3 nitrogen and oxygen atoms in total. The standard InChI is InChI=1S/C17H22BrNO2/c1-21-11-10-19(9-8-18)17(20)16-14-7-6-12-4-2-3-5-13(12)15(14)16/h2-5,14-16H,6-11H2,1H3. The molecule has 0 aliphatic heterocycles. The Morgan fingerprint density at radius 3 is 2.95 bits per heavy atom. The van der Waals surface area contributed by atoms with Gasteiger partial charge in [0, 0.05) is 31.4 Å². The fourth-order valence-corrected chi connectivity index (χ4v) is 4.18. The quantitative estimate of drug-likeness (QED) is 0.737. The molecule has 114 valence electrons. The first-order valence-electron chi connectivity index (χ1n) is 7.69. The molecule has 1 amide bonds. The van der Waals surface area contributed by atoms with E-state index in [0.717, 1.165) is 24.7 Å². The molecule has 4 heteroatoms. The van der Waals surface area contributed by atoms with Gasteiger partial charge in [0.2, 0.25) is 5.91 Å². The van der Waals surface area contributed by atoms with Crippen LogP contribution in [0, 0.1) is 11.8 Å². The number of nitrogens with zero attached hydrogens (tertiary/aromatic N) is 1. The van der Waals surface area contributed by atoms with Crippen molar-refractivity contribution in [2.75, 3.05) is 32.1 Å². The number of carbonyl (C=O) groups is 1. The molecule has 2 aliphatic carbocycles. The monoisotopic (exact) mass is 351 g/mol. The van der Waals surface area contributed by atoms with Gasteiger partial charge in [-0.15, -0.1) is 0 Å². The van der Waals surface area contributed by atoms with E-state index >= 15 is 0 Å². The number of amides is 1. The zero-order chi connectivity index (χ0) is 14.8. The normalized spacial score (nSPS) is 25.9. The highest BCUT2D eigenvalue weighted by atomic mass is 79.9. The van der Waals surface area contributed by atoms with Crippen molar-refractivity contribution in [3.8, 4) is 0 Å². The first kappa shape index (κ1) is 15.0. The van der Waals surface area contributed by atoms with Gasteiger partial charge in [0.05, 0.1) is 6.61 Å². The third kappa shape index (κ3) is 2.88. The Kier molecular flexibility index (Phi) is 4.65. The topological polar surface area (TPSA) is 29.5 Å². The number of alkyl halides is 1. The molecule has 0 spiro atoms. The van der Waals surface area contributed by atoms with Gasteiger partial charge in [-0.25, -0.2) is 0 Å². The van der Waals surface area contributed by atoms with Gasteiger partial charge in [0.15, 0.2) is 0 Å². The van der Waals surface area contributed by atoms with Gasteiger partial charge >= 0.3 is 0 Å². The molecule has 3 unspecified atom stereocenters. The predicted molar refractivity (Wildman–Crippen MR) is 86.7 cm³/mol. The van der Waals surface area contributed by atoms with E-state index in [-0.39, 0.29) is 5.92 Å². The maximum atomic E-state index is 12.8. The molecule has 0 aromatic heterocycles. The highest BCUT2D eigenvalue weighted by Crippen LogP contribution is 2.60. The Bertz CT molecular complexity index is 519. The van der Waals surface area contributed by atoms with Crippen LogP contribution in [0.15, 0.2) is 24.3 Å². The summed E-state index contributed by atoms with van der Waals surface area (Å²) in [5.41, 5.74) is 2.86. The average Bonchev–Trinajstić information content (AvgIpc) is 3.25. The number of benzene rings is 1. The maximum absolute atomic E-state index is 12.8. The lowest BCUT2D eigenvalue weighted by Crippen LogP contribution is -2.37. The molecule has 0 N–H and O–H groups in total. The summed E-state index contributed by atoms with van der Waals surface area (Å²) in [5, 5.41) is 0.821. The molecule has 0 heterocycles. The second-order valence-corrected chi connectivity index (χ2v) is 6.75. The van der Waals surface area contributed by atoms with Crippen LogP contribution in [0.25, 0.3) is 0 Å². The SMILES string of the molecule is COCCN(CCBr)C(=O)C1C2CCc3ccccc3C21. The molecule has 1 aromatic rings. The third-order valence-corrected chi connectivity index (χ3v) is 5.20. The van der Waals surface area contributed by atoms with Crippen molar-refractivity contribution >= 4 is 21.8 Å². The summed E-state index contributed by atoms with van der Waals surface area (Å²) in [5.74, 6) is 1.54. The summed E-state index contributed by atoms with van der Waals surface area (Å²) in [6.07, 6.45) is 2.28. The summed E-state index contributed by atoms with van der Waals surface area (Å²) in [7, 11) is 1.68. The van der Waals surface area contributed by atoms with Crippen molar-refractivity contribution in [1.29, 1.82) is 0 Å². The van der Waals surface area contributed by atoms with Crippen LogP contribution in [0.5, 0.6) is 0 Å². The molecule has 1 saturated carbocycles. The number of fused-ring (bicyclic) bond motifs is 3. The molecular weight excluding hydrogens is 330 g/mol. The van der Waals surface area contributed by atoms with E-state index in [9.17, 15) is 4.79 Å². The van der Waals surface area contributed by atoms with Crippen LogP contribution in [-0.2, 0) is 16.0 Å². The van der Waals surface area contributed by atoms with Crippen LogP contribution >= 0.6 is 15.9 Å². The number of aryl methyl sites for hydroxylation is 1. The Balaban J connectivity index is 1.72. The number of hydrogen-bond acceptors (Lipinski definition) is 2. The molecule has 2 aliphatic rings. The van der Waals surface area contributed by atoms with Crippen molar-refractivity contribution in [1.82, 2.24) is 4.90 Å². The van der Waals surface area contributed by atoms with Crippen LogP contribution in [0.4, 0.5) is 0 Å². The number of halogens is 1. The largest absolute Gasteiger partial charge is 0.383 e. The van der Waals surface area contributed by atoms with Crippen molar-refractivity contribution in [2.45, 2.75) is 18.8 Å². The summed E-state index contributed by atoms with van der Waals surface area (Å²) >= 11 is 3.45. The Morgan fingerprint density at radius 2 is 2.19 bits per heavy atom. The fourth-order valence-electron chi connectivity index (χ4n) is 3.75. The van der Waals surface area contributed by atoms with Crippen LogP contribution in [0.2, 0.25) is 0 Å². The van der Waals surface area contributed by atoms with Gasteiger partial charge in [0.1, 0.15) is 0 Å². The van der Waals surface area contributed by atoms with Crippen molar-refractivity contribution < 1.29 is 9.53 Å². The van der Waals surface area contributed by atoms with Crippen molar-refractivity contribution in [3.63, 3.8) is 0 Å². The lowest BCUT2D eigenvalue weighted by Gasteiger charge is -2.21. The maximum Gasteiger partial charge on any atom is 0.226 e. The van der Waals surface area contributed by atoms with Crippen LogP contribution in [-0.4, -0.2) is 42.9 Å². The zero-order valence-corrected chi connectivity index (χ0v) is 14.0. The summed E-state index contributed by atoms with van der Waals surface area (Å²) in [6.45, 7) is 2.07.